The summed E-state index contributed by atoms with van der Waals surface area (Å²) in [6.45, 7) is 4.13. The van der Waals surface area contributed by atoms with Crippen LogP contribution in [-0.4, -0.2) is 42.7 Å². The van der Waals surface area contributed by atoms with E-state index in [1.165, 1.54) is 0 Å². The normalized spacial score (nSPS) is 19.3. The lowest BCUT2D eigenvalue weighted by atomic mass is 9.87. The fourth-order valence-corrected chi connectivity index (χ4v) is 7.31. The first-order valence-electron chi connectivity index (χ1n) is 19.8. The molecule has 0 aliphatic carbocycles. The molecule has 1 fully saturated rings. The van der Waals surface area contributed by atoms with Crippen LogP contribution in [0.5, 0.6) is 5.75 Å². The second-order valence-electron chi connectivity index (χ2n) is 14.3. The van der Waals surface area contributed by atoms with Crippen LogP contribution in [-0.2, 0) is 63.1 Å². The number of rotatable bonds is 19. The third-order valence-corrected chi connectivity index (χ3v) is 10.2. The van der Waals surface area contributed by atoms with E-state index < -0.39 is 30.5 Å². The summed E-state index contributed by atoms with van der Waals surface area (Å²) >= 11 is 0. The Morgan fingerprint density at radius 2 is 1.00 bits per heavy atom. The fraction of sp³-hybridized carbons (Fsp3) is 0.280. The summed E-state index contributed by atoms with van der Waals surface area (Å²) in [6.07, 6.45) is -2.24. The average molecular weight is 765 g/mol. The zero-order chi connectivity index (χ0) is 39.1. The molecule has 1 aliphatic rings. The van der Waals surface area contributed by atoms with Crippen molar-refractivity contribution >= 4 is 0 Å². The molecule has 1 heterocycles. The van der Waals surface area contributed by atoms with Gasteiger partial charge in [-0.25, -0.2) is 0 Å². The van der Waals surface area contributed by atoms with Crippen molar-refractivity contribution in [1.82, 2.24) is 0 Å². The van der Waals surface area contributed by atoms with Crippen molar-refractivity contribution in [3.8, 4) is 5.75 Å². The minimum Gasteiger partial charge on any atom is -0.494 e. The molecule has 1 saturated heterocycles. The van der Waals surface area contributed by atoms with Gasteiger partial charge in [0.1, 0.15) is 36.3 Å². The van der Waals surface area contributed by atoms with Crippen LogP contribution in [0.4, 0.5) is 0 Å². The summed E-state index contributed by atoms with van der Waals surface area (Å²) in [5.74, 6) is 0.845. The molecule has 7 nitrogen and oxygen atoms in total. The molecule has 57 heavy (non-hydrogen) atoms. The van der Waals surface area contributed by atoms with Gasteiger partial charge in [-0.15, -0.1) is 0 Å². The van der Waals surface area contributed by atoms with Crippen molar-refractivity contribution in [2.24, 2.45) is 0 Å². The van der Waals surface area contributed by atoms with E-state index in [9.17, 15) is 5.11 Å². The van der Waals surface area contributed by atoms with E-state index in [0.29, 0.717) is 39.5 Å². The smallest absolute Gasteiger partial charge is 0.119 e. The molecule has 0 aromatic heterocycles. The maximum atomic E-state index is 10.8. The Labute approximate surface area is 336 Å². The molecule has 0 unspecified atom stereocenters. The van der Waals surface area contributed by atoms with Crippen molar-refractivity contribution in [3.63, 3.8) is 0 Å². The SMILES string of the molecule is CCOc1ccc(Cc2ccc(CO)c([C@@H]3O[C@H](COCc4ccccc4)[C@@H](OCc4ccccc4)[C@H](OCc4ccccc4)[C@H]3OCc3ccccc3)c2)cc1. The van der Waals surface area contributed by atoms with Crippen LogP contribution < -0.4 is 4.74 Å². The summed E-state index contributed by atoms with van der Waals surface area (Å²) < 4.78 is 40.1. The Morgan fingerprint density at radius 3 is 1.53 bits per heavy atom. The number of hydrogen-bond acceptors (Lipinski definition) is 7. The fourth-order valence-electron chi connectivity index (χ4n) is 7.31. The Morgan fingerprint density at radius 1 is 0.509 bits per heavy atom. The largest absolute Gasteiger partial charge is 0.494 e. The lowest BCUT2D eigenvalue weighted by Crippen LogP contribution is -2.58. The molecule has 7 heteroatoms. The van der Waals surface area contributed by atoms with Gasteiger partial charge in [0.05, 0.1) is 46.2 Å². The molecule has 6 aromatic carbocycles. The molecular formula is C50H52O7. The molecular weight excluding hydrogens is 713 g/mol. The molecule has 0 amide bonds. The third-order valence-electron chi connectivity index (χ3n) is 10.2. The molecule has 0 spiro atoms. The predicted molar refractivity (Wildman–Crippen MR) is 222 cm³/mol. The van der Waals surface area contributed by atoms with Crippen LogP contribution >= 0.6 is 0 Å². The van der Waals surface area contributed by atoms with Crippen LogP contribution in [0.1, 0.15) is 57.5 Å². The maximum absolute atomic E-state index is 10.8. The van der Waals surface area contributed by atoms with E-state index in [0.717, 1.165) is 50.3 Å². The van der Waals surface area contributed by atoms with Crippen molar-refractivity contribution in [3.05, 3.63) is 208 Å². The first kappa shape index (κ1) is 40.1. The van der Waals surface area contributed by atoms with Crippen LogP contribution in [0, 0.1) is 0 Å². The van der Waals surface area contributed by atoms with Crippen LogP contribution in [0.25, 0.3) is 0 Å². The van der Waals surface area contributed by atoms with Crippen LogP contribution in [0.2, 0.25) is 0 Å². The van der Waals surface area contributed by atoms with E-state index in [-0.39, 0.29) is 13.2 Å². The van der Waals surface area contributed by atoms with Gasteiger partial charge in [0.25, 0.3) is 0 Å². The van der Waals surface area contributed by atoms with Gasteiger partial charge in [-0.05, 0) is 70.0 Å². The summed E-state index contributed by atoms with van der Waals surface area (Å²) in [7, 11) is 0. The van der Waals surface area contributed by atoms with E-state index in [4.69, 9.17) is 28.4 Å². The highest BCUT2D eigenvalue weighted by molar-refractivity contribution is 5.38. The lowest BCUT2D eigenvalue weighted by Gasteiger charge is -2.47. The molecule has 294 valence electrons. The summed E-state index contributed by atoms with van der Waals surface area (Å²) in [4.78, 5) is 0. The standard InChI is InChI=1S/C50H52O7/c1-2-53-44-27-24-37(25-28-44)29-42-23-26-43(31-51)45(30-42)47-49(55-34-40-19-11-5-12-20-40)50(56-35-41-21-13-6-14-22-41)48(54-33-39-17-9-4-10-18-39)46(57-47)36-52-32-38-15-7-3-8-16-38/h3-28,30,46-51H,2,29,31-36H2,1H3/t46-,47+,48-,49+,50+/m1/s1. The molecule has 0 bridgehead atoms. The van der Waals surface area contributed by atoms with Gasteiger partial charge in [-0.1, -0.05) is 152 Å². The highest BCUT2D eigenvalue weighted by Crippen LogP contribution is 2.40. The highest BCUT2D eigenvalue weighted by atomic mass is 16.6. The zero-order valence-corrected chi connectivity index (χ0v) is 32.5. The molecule has 6 aromatic rings. The average Bonchev–Trinajstić information content (AvgIpc) is 3.26. The number of benzene rings is 6. The Hall–Kier alpha value is -5.12. The van der Waals surface area contributed by atoms with Gasteiger partial charge in [0.2, 0.25) is 0 Å². The second-order valence-corrected chi connectivity index (χ2v) is 14.3. The van der Waals surface area contributed by atoms with E-state index in [1.54, 1.807) is 0 Å². The van der Waals surface area contributed by atoms with Gasteiger partial charge >= 0.3 is 0 Å². The minimum absolute atomic E-state index is 0.164. The van der Waals surface area contributed by atoms with Gasteiger partial charge in [0.15, 0.2) is 0 Å². The first-order valence-corrected chi connectivity index (χ1v) is 19.8. The minimum atomic E-state index is -0.626. The summed E-state index contributed by atoms with van der Waals surface area (Å²) in [5, 5.41) is 10.8. The monoisotopic (exact) mass is 764 g/mol. The highest BCUT2D eigenvalue weighted by Gasteiger charge is 2.49. The summed E-state index contributed by atoms with van der Waals surface area (Å²) in [6, 6.07) is 55.0. The van der Waals surface area contributed by atoms with Crippen LogP contribution in [0.15, 0.2) is 164 Å². The Kier molecular flexibility index (Phi) is 14.7. The number of hydrogen-bond donors (Lipinski definition) is 1. The molecule has 0 saturated carbocycles. The van der Waals surface area contributed by atoms with Crippen molar-refractivity contribution in [1.29, 1.82) is 0 Å². The molecule has 1 aliphatic heterocycles. The van der Waals surface area contributed by atoms with E-state index >= 15 is 0 Å². The van der Waals surface area contributed by atoms with E-state index in [1.807, 2.05) is 97.9 Å². The van der Waals surface area contributed by atoms with Crippen molar-refractivity contribution in [2.45, 2.75) is 76.9 Å². The summed E-state index contributed by atoms with van der Waals surface area (Å²) in [5.41, 5.74) is 8.01. The number of aliphatic hydroxyl groups excluding tert-OH is 1. The van der Waals surface area contributed by atoms with Gasteiger partial charge in [-0.2, -0.15) is 0 Å². The lowest BCUT2D eigenvalue weighted by molar-refractivity contribution is -0.275. The number of aliphatic hydroxyl groups is 1. The molecule has 7 rings (SSSR count). The predicted octanol–water partition coefficient (Wildman–Crippen LogP) is 9.58. The van der Waals surface area contributed by atoms with Crippen molar-refractivity contribution in [2.75, 3.05) is 13.2 Å². The second kappa shape index (κ2) is 20.9. The Balaban J connectivity index is 1.27. The third kappa shape index (κ3) is 11.3. The topological polar surface area (TPSA) is 75.6 Å². The Bertz CT molecular complexity index is 2040. The zero-order valence-electron chi connectivity index (χ0n) is 32.5. The maximum Gasteiger partial charge on any atom is 0.119 e. The molecule has 1 N–H and O–H groups in total. The number of ether oxygens (including phenoxy) is 6. The van der Waals surface area contributed by atoms with Gasteiger partial charge in [0, 0.05) is 0 Å². The van der Waals surface area contributed by atoms with E-state index in [2.05, 4.69) is 72.8 Å². The molecule has 0 radical (unpaired) electrons. The quantitative estimate of drug-likeness (QED) is 0.0881. The first-order chi connectivity index (χ1) is 28.2. The van der Waals surface area contributed by atoms with Gasteiger partial charge in [-0.3, -0.25) is 0 Å². The van der Waals surface area contributed by atoms with Gasteiger partial charge < -0.3 is 33.5 Å². The van der Waals surface area contributed by atoms with Crippen LogP contribution in [0.3, 0.4) is 0 Å². The van der Waals surface area contributed by atoms with Crippen molar-refractivity contribution < 1.29 is 33.5 Å². The molecule has 5 atom stereocenters.